The van der Waals surface area contributed by atoms with Gasteiger partial charge >= 0.3 is 0 Å². The Kier molecular flexibility index (Phi) is 3.83. The molecular weight excluding hydrogens is 226 g/mol. The quantitative estimate of drug-likeness (QED) is 0.542. The van der Waals surface area contributed by atoms with Gasteiger partial charge in [0.2, 0.25) is 0 Å². The molecule has 1 unspecified atom stereocenters. The lowest BCUT2D eigenvalue weighted by atomic mass is 10.1. The van der Waals surface area contributed by atoms with Gasteiger partial charge in [-0.25, -0.2) is 8.42 Å². The van der Waals surface area contributed by atoms with Crippen LogP contribution >= 0.6 is 0 Å². The molecule has 1 atom stereocenters. The van der Waals surface area contributed by atoms with Crippen molar-refractivity contribution in [1.29, 1.82) is 0 Å². The highest BCUT2D eigenvalue weighted by Gasteiger charge is 2.30. The van der Waals surface area contributed by atoms with Crippen molar-refractivity contribution in [2.45, 2.75) is 44.4 Å². The number of nitrogens with one attached hydrogen (secondary N) is 1. The van der Waals surface area contributed by atoms with Crippen molar-refractivity contribution in [2.24, 2.45) is 10.7 Å². The summed E-state index contributed by atoms with van der Waals surface area (Å²) in [4.78, 5) is 4.09. The number of nitrogens with two attached hydrogens (primary N) is 1. The number of aliphatic imine (C=N–C) groups is 1. The zero-order valence-electron chi connectivity index (χ0n) is 10.2. The Labute approximate surface area is 97.4 Å². The molecule has 0 bridgehead atoms. The van der Waals surface area contributed by atoms with Crippen LogP contribution in [0.2, 0.25) is 0 Å². The molecule has 1 aliphatic heterocycles. The predicted molar refractivity (Wildman–Crippen MR) is 66.2 cm³/mol. The van der Waals surface area contributed by atoms with Crippen LogP contribution in [0, 0.1) is 0 Å². The van der Waals surface area contributed by atoms with E-state index in [9.17, 15) is 8.42 Å². The Balaban J connectivity index is 2.53. The average molecular weight is 247 g/mol. The summed E-state index contributed by atoms with van der Waals surface area (Å²) >= 11 is 0. The Bertz CT molecular complexity index is 368. The van der Waals surface area contributed by atoms with E-state index in [0.29, 0.717) is 18.1 Å². The van der Waals surface area contributed by atoms with Gasteiger partial charge in [-0.15, -0.1) is 0 Å². The molecule has 1 rings (SSSR count). The van der Waals surface area contributed by atoms with Crippen LogP contribution in [0.5, 0.6) is 0 Å². The fraction of sp³-hybridized carbons (Fsp3) is 0.900. The second-order valence-electron chi connectivity index (χ2n) is 5.23. The van der Waals surface area contributed by atoms with Crippen LogP contribution < -0.4 is 11.1 Å². The van der Waals surface area contributed by atoms with Crippen molar-refractivity contribution in [3.8, 4) is 0 Å². The minimum Gasteiger partial charge on any atom is -0.370 e. The molecule has 94 valence electrons. The number of sulfone groups is 1. The van der Waals surface area contributed by atoms with Crippen molar-refractivity contribution in [1.82, 2.24) is 5.32 Å². The third kappa shape index (κ3) is 4.00. The van der Waals surface area contributed by atoms with Gasteiger partial charge in [-0.05, 0) is 33.6 Å². The maximum Gasteiger partial charge on any atom is 0.189 e. The number of hydrogen-bond acceptors (Lipinski definition) is 3. The van der Waals surface area contributed by atoms with Gasteiger partial charge in [-0.3, -0.25) is 4.99 Å². The van der Waals surface area contributed by atoms with Gasteiger partial charge in [0.15, 0.2) is 15.8 Å². The Morgan fingerprint density at radius 2 is 2.12 bits per heavy atom. The summed E-state index contributed by atoms with van der Waals surface area (Å²) in [5.41, 5.74) is 5.52. The van der Waals surface area contributed by atoms with Crippen LogP contribution in [0.4, 0.5) is 0 Å². The Morgan fingerprint density at radius 3 is 2.56 bits per heavy atom. The second-order valence-corrected chi connectivity index (χ2v) is 7.63. The zero-order chi connectivity index (χ0) is 12.4. The van der Waals surface area contributed by atoms with Gasteiger partial charge in [0.05, 0.1) is 17.5 Å². The molecule has 1 fully saturated rings. The fourth-order valence-electron chi connectivity index (χ4n) is 1.69. The lowest BCUT2D eigenvalue weighted by molar-refractivity contribution is 0.508. The van der Waals surface area contributed by atoms with Gasteiger partial charge < -0.3 is 11.1 Å². The maximum atomic E-state index is 11.5. The fourth-order valence-corrected chi connectivity index (χ4v) is 3.42. The first kappa shape index (κ1) is 13.3. The standard InChI is InChI=1S/C10H21N3O2S/c1-10(2,3)13-9(11)12-7-8-5-4-6-16(8,14)15/h8H,4-7H2,1-3H3,(H3,11,12,13). The van der Waals surface area contributed by atoms with Gasteiger partial charge in [0, 0.05) is 5.54 Å². The SMILES string of the molecule is CC(C)(C)NC(N)=NCC1CCCS1(=O)=O. The summed E-state index contributed by atoms with van der Waals surface area (Å²) in [5.74, 6) is 0.606. The largest absolute Gasteiger partial charge is 0.370 e. The monoisotopic (exact) mass is 247 g/mol. The van der Waals surface area contributed by atoms with E-state index in [1.54, 1.807) is 0 Å². The van der Waals surface area contributed by atoms with Crippen LogP contribution in [0.25, 0.3) is 0 Å². The van der Waals surface area contributed by atoms with E-state index in [1.807, 2.05) is 20.8 Å². The normalized spacial score (nSPS) is 25.7. The Hall–Kier alpha value is -0.780. The van der Waals surface area contributed by atoms with Crippen LogP contribution in [0.15, 0.2) is 4.99 Å². The number of guanidine groups is 1. The van der Waals surface area contributed by atoms with E-state index in [2.05, 4.69) is 10.3 Å². The second kappa shape index (κ2) is 4.61. The van der Waals surface area contributed by atoms with Crippen molar-refractivity contribution in [2.75, 3.05) is 12.3 Å². The summed E-state index contributed by atoms with van der Waals surface area (Å²) in [5, 5.41) is 2.66. The molecular formula is C10H21N3O2S. The van der Waals surface area contributed by atoms with Gasteiger partial charge in [0.1, 0.15) is 0 Å². The first-order valence-electron chi connectivity index (χ1n) is 5.50. The lowest BCUT2D eigenvalue weighted by Gasteiger charge is -2.21. The maximum absolute atomic E-state index is 11.5. The molecule has 0 spiro atoms. The molecule has 3 N–H and O–H groups in total. The molecule has 0 aromatic rings. The summed E-state index contributed by atoms with van der Waals surface area (Å²) in [6.07, 6.45) is 1.45. The van der Waals surface area contributed by atoms with Gasteiger partial charge in [-0.2, -0.15) is 0 Å². The van der Waals surface area contributed by atoms with E-state index in [-0.39, 0.29) is 17.3 Å². The highest BCUT2D eigenvalue weighted by Crippen LogP contribution is 2.19. The van der Waals surface area contributed by atoms with Crippen LogP contribution in [-0.4, -0.2) is 37.5 Å². The molecule has 1 saturated heterocycles. The van der Waals surface area contributed by atoms with E-state index >= 15 is 0 Å². The number of rotatable bonds is 2. The molecule has 0 amide bonds. The van der Waals surface area contributed by atoms with E-state index in [0.717, 1.165) is 6.42 Å². The van der Waals surface area contributed by atoms with Crippen LogP contribution in [0.3, 0.4) is 0 Å². The highest BCUT2D eigenvalue weighted by atomic mass is 32.2. The Morgan fingerprint density at radius 1 is 1.50 bits per heavy atom. The summed E-state index contributed by atoms with van der Waals surface area (Å²) in [6.45, 7) is 6.20. The molecule has 5 nitrogen and oxygen atoms in total. The van der Waals surface area contributed by atoms with Crippen molar-refractivity contribution < 1.29 is 8.42 Å². The smallest absolute Gasteiger partial charge is 0.189 e. The molecule has 6 heteroatoms. The predicted octanol–water partition coefficient (Wildman–Crippen LogP) is 0.266. The minimum absolute atomic E-state index is 0.151. The lowest BCUT2D eigenvalue weighted by Crippen LogP contribution is -2.45. The summed E-state index contributed by atoms with van der Waals surface area (Å²) in [7, 11) is -2.92. The highest BCUT2D eigenvalue weighted by molar-refractivity contribution is 7.92. The molecule has 1 heterocycles. The van der Waals surface area contributed by atoms with Gasteiger partial charge in [0.25, 0.3) is 0 Å². The summed E-state index contributed by atoms with van der Waals surface area (Å²) in [6, 6.07) is 0. The zero-order valence-corrected chi connectivity index (χ0v) is 11.0. The molecule has 0 aliphatic carbocycles. The van der Waals surface area contributed by atoms with Crippen molar-refractivity contribution >= 4 is 15.8 Å². The van der Waals surface area contributed by atoms with E-state index in [4.69, 9.17) is 5.73 Å². The van der Waals surface area contributed by atoms with Crippen LogP contribution in [-0.2, 0) is 9.84 Å². The third-order valence-corrected chi connectivity index (χ3v) is 4.69. The molecule has 0 radical (unpaired) electrons. The molecule has 0 aromatic heterocycles. The van der Waals surface area contributed by atoms with E-state index in [1.165, 1.54) is 0 Å². The van der Waals surface area contributed by atoms with Gasteiger partial charge in [-0.1, -0.05) is 0 Å². The van der Waals surface area contributed by atoms with E-state index < -0.39 is 9.84 Å². The molecule has 1 aliphatic rings. The minimum atomic E-state index is -2.92. The first-order chi connectivity index (χ1) is 7.21. The molecule has 16 heavy (non-hydrogen) atoms. The number of nitrogens with zero attached hydrogens (tertiary/aromatic N) is 1. The summed E-state index contributed by atoms with van der Waals surface area (Å²) < 4.78 is 23.1. The molecule has 0 saturated carbocycles. The van der Waals surface area contributed by atoms with Crippen molar-refractivity contribution in [3.05, 3.63) is 0 Å². The topological polar surface area (TPSA) is 84.5 Å². The number of hydrogen-bond donors (Lipinski definition) is 2. The average Bonchev–Trinajstić information content (AvgIpc) is 2.38. The third-order valence-electron chi connectivity index (χ3n) is 2.43. The van der Waals surface area contributed by atoms with Crippen LogP contribution in [0.1, 0.15) is 33.6 Å². The van der Waals surface area contributed by atoms with Crippen molar-refractivity contribution in [3.63, 3.8) is 0 Å². The first-order valence-corrected chi connectivity index (χ1v) is 7.22. The molecule has 0 aromatic carbocycles.